The summed E-state index contributed by atoms with van der Waals surface area (Å²) >= 11 is 0. The fraction of sp³-hybridized carbons (Fsp3) is 0.900. The van der Waals surface area contributed by atoms with Crippen molar-refractivity contribution in [2.75, 3.05) is 27.4 Å². The van der Waals surface area contributed by atoms with E-state index in [4.69, 9.17) is 14.6 Å². The molecule has 92 valence electrons. The summed E-state index contributed by atoms with van der Waals surface area (Å²) in [5, 5.41) is 8.80. The van der Waals surface area contributed by atoms with Crippen molar-refractivity contribution in [3.63, 3.8) is 0 Å². The van der Waals surface area contributed by atoms with E-state index in [0.29, 0.717) is 13.2 Å². The second-order valence-electron chi connectivity index (χ2n) is 3.14. The molecule has 0 aliphatic carbocycles. The van der Waals surface area contributed by atoms with Crippen molar-refractivity contribution < 1.29 is 24.1 Å². The largest absolute Gasteiger partial charge is 0.469 e. The molecule has 0 aliphatic rings. The molecule has 0 fully saturated rings. The third-order valence-electron chi connectivity index (χ3n) is 1.31. The van der Waals surface area contributed by atoms with E-state index in [-0.39, 0.29) is 18.2 Å². The van der Waals surface area contributed by atoms with Crippen LogP contribution in [-0.4, -0.2) is 50.7 Å². The Balaban J connectivity index is 0. The lowest BCUT2D eigenvalue weighted by Gasteiger charge is -2.12. The van der Waals surface area contributed by atoms with Gasteiger partial charge in [0.2, 0.25) is 0 Å². The Morgan fingerprint density at radius 1 is 1.27 bits per heavy atom. The second-order valence-corrected chi connectivity index (χ2v) is 3.14. The molecule has 5 nitrogen and oxygen atoms in total. The molecule has 0 aromatic heterocycles. The van der Waals surface area contributed by atoms with Crippen LogP contribution in [0.4, 0.5) is 0 Å². The van der Waals surface area contributed by atoms with Gasteiger partial charge < -0.3 is 19.3 Å². The number of rotatable bonds is 5. The lowest BCUT2D eigenvalue weighted by Crippen LogP contribution is -2.20. The number of carbonyl (C=O) groups is 1. The maximum atomic E-state index is 9.59. The molecule has 15 heavy (non-hydrogen) atoms. The molecule has 1 N–H and O–H groups in total. The topological polar surface area (TPSA) is 65.0 Å². The number of hydrogen-bond donors (Lipinski definition) is 1. The number of hydrogen-bond acceptors (Lipinski definition) is 5. The van der Waals surface area contributed by atoms with Crippen molar-refractivity contribution in [2.24, 2.45) is 0 Å². The van der Waals surface area contributed by atoms with Gasteiger partial charge in [0.15, 0.2) is 0 Å². The minimum absolute atomic E-state index is 0.0691. The maximum absolute atomic E-state index is 9.59. The molecule has 0 heterocycles. The van der Waals surface area contributed by atoms with E-state index in [2.05, 4.69) is 4.74 Å². The van der Waals surface area contributed by atoms with Gasteiger partial charge in [0.25, 0.3) is 0 Å². The molecule has 0 rings (SSSR count). The molecule has 2 unspecified atom stereocenters. The number of aliphatic hydroxyl groups is 1. The van der Waals surface area contributed by atoms with Gasteiger partial charge in [-0.2, -0.15) is 0 Å². The first-order valence-electron chi connectivity index (χ1n) is 4.77. The zero-order valence-electron chi connectivity index (χ0n) is 10.1. The smallest absolute Gasteiger partial charge is 0.302 e. The van der Waals surface area contributed by atoms with Crippen LogP contribution < -0.4 is 0 Å². The van der Waals surface area contributed by atoms with E-state index in [0.717, 1.165) is 0 Å². The maximum Gasteiger partial charge on any atom is 0.302 e. The highest BCUT2D eigenvalue weighted by Gasteiger charge is 2.02. The van der Waals surface area contributed by atoms with Gasteiger partial charge >= 0.3 is 5.97 Å². The van der Waals surface area contributed by atoms with Crippen LogP contribution in [0.3, 0.4) is 0 Å². The summed E-state index contributed by atoms with van der Waals surface area (Å²) in [5.74, 6) is -0.245. The lowest BCUT2D eigenvalue weighted by molar-refractivity contribution is -0.137. The molecule has 5 heteroatoms. The van der Waals surface area contributed by atoms with Gasteiger partial charge in [0.05, 0.1) is 32.5 Å². The Labute approximate surface area is 91.3 Å². The van der Waals surface area contributed by atoms with Gasteiger partial charge in [-0.25, -0.2) is 0 Å². The number of aliphatic hydroxyl groups excluding tert-OH is 1. The summed E-state index contributed by atoms with van der Waals surface area (Å²) in [7, 11) is 2.98. The molecule has 0 saturated carbocycles. The number of ether oxygens (including phenoxy) is 3. The summed E-state index contributed by atoms with van der Waals surface area (Å²) in [6.45, 7) is 5.92. The first-order chi connectivity index (χ1) is 6.93. The van der Waals surface area contributed by atoms with Crippen LogP contribution in [0, 0.1) is 0 Å². The Morgan fingerprint density at radius 3 is 2.00 bits per heavy atom. The van der Waals surface area contributed by atoms with E-state index in [9.17, 15) is 4.79 Å². The fourth-order valence-electron chi connectivity index (χ4n) is 0.586. The Kier molecular flexibility index (Phi) is 12.8. The van der Waals surface area contributed by atoms with Crippen molar-refractivity contribution >= 4 is 5.97 Å². The van der Waals surface area contributed by atoms with Crippen LogP contribution in [0.2, 0.25) is 0 Å². The molecule has 0 radical (unpaired) electrons. The number of esters is 1. The van der Waals surface area contributed by atoms with E-state index in [1.54, 1.807) is 14.0 Å². The fourth-order valence-corrected chi connectivity index (χ4v) is 0.586. The van der Waals surface area contributed by atoms with Crippen LogP contribution in [0.5, 0.6) is 0 Å². The van der Waals surface area contributed by atoms with Crippen LogP contribution in [0.25, 0.3) is 0 Å². The highest BCUT2D eigenvalue weighted by Crippen LogP contribution is 1.92. The molecular weight excluding hydrogens is 200 g/mol. The number of methoxy groups -OCH3 is 2. The van der Waals surface area contributed by atoms with E-state index < -0.39 is 0 Å². The molecule has 0 aromatic rings. The van der Waals surface area contributed by atoms with Crippen LogP contribution in [0.15, 0.2) is 0 Å². The average Bonchev–Trinajstić information content (AvgIpc) is 2.16. The Morgan fingerprint density at radius 2 is 1.73 bits per heavy atom. The van der Waals surface area contributed by atoms with E-state index in [1.807, 2.05) is 6.92 Å². The summed E-state index contributed by atoms with van der Waals surface area (Å²) in [4.78, 5) is 9.59. The van der Waals surface area contributed by atoms with Crippen LogP contribution in [-0.2, 0) is 19.0 Å². The van der Waals surface area contributed by atoms with Crippen molar-refractivity contribution in [3.8, 4) is 0 Å². The van der Waals surface area contributed by atoms with Crippen molar-refractivity contribution in [2.45, 2.75) is 33.0 Å². The summed E-state index contributed by atoms with van der Waals surface area (Å²) in [5.41, 5.74) is 0. The predicted molar refractivity (Wildman–Crippen MR) is 56.7 cm³/mol. The predicted octanol–water partition coefficient (Wildman–Crippen LogP) is 0.598. The summed E-state index contributed by atoms with van der Waals surface area (Å²) in [6, 6.07) is 0. The number of carbonyl (C=O) groups excluding carboxylic acids is 1. The zero-order valence-corrected chi connectivity index (χ0v) is 10.1. The molecular formula is C10H22O5. The van der Waals surface area contributed by atoms with E-state index in [1.165, 1.54) is 14.0 Å². The normalized spacial score (nSPS) is 13.5. The first kappa shape index (κ1) is 16.8. The highest BCUT2D eigenvalue weighted by molar-refractivity contribution is 5.65. The Bertz CT molecular complexity index is 147. The third kappa shape index (κ3) is 19.7. The summed E-state index contributed by atoms with van der Waals surface area (Å²) in [6.07, 6.45) is -0.320. The molecule has 0 spiro atoms. The minimum Gasteiger partial charge on any atom is -0.469 e. The molecule has 2 atom stereocenters. The highest BCUT2D eigenvalue weighted by atomic mass is 16.5. The van der Waals surface area contributed by atoms with E-state index >= 15 is 0 Å². The molecule has 0 saturated heterocycles. The molecule has 0 bridgehead atoms. The van der Waals surface area contributed by atoms with Gasteiger partial charge in [-0.1, -0.05) is 0 Å². The lowest BCUT2D eigenvalue weighted by atomic mass is 10.4. The standard InChI is InChI=1S/C7H16O3.C3H6O2/c1-6(8)4-10-7(2)5-9-3;1-3(4)5-2/h6-8H,4-5H2,1-3H3;1-2H3. The van der Waals surface area contributed by atoms with Gasteiger partial charge in [-0.3, -0.25) is 4.79 Å². The average molecular weight is 222 g/mol. The Hall–Kier alpha value is -0.650. The van der Waals surface area contributed by atoms with Crippen LogP contribution in [0.1, 0.15) is 20.8 Å². The van der Waals surface area contributed by atoms with Gasteiger partial charge in [0.1, 0.15) is 0 Å². The van der Waals surface area contributed by atoms with Crippen molar-refractivity contribution in [1.82, 2.24) is 0 Å². The zero-order chi connectivity index (χ0) is 12.3. The van der Waals surface area contributed by atoms with Gasteiger partial charge in [-0.15, -0.1) is 0 Å². The van der Waals surface area contributed by atoms with Gasteiger partial charge in [0, 0.05) is 14.0 Å². The van der Waals surface area contributed by atoms with Crippen molar-refractivity contribution in [3.05, 3.63) is 0 Å². The van der Waals surface area contributed by atoms with Crippen LogP contribution >= 0.6 is 0 Å². The van der Waals surface area contributed by atoms with Gasteiger partial charge in [-0.05, 0) is 13.8 Å². The molecule has 0 aliphatic heterocycles. The van der Waals surface area contributed by atoms with Crippen molar-refractivity contribution in [1.29, 1.82) is 0 Å². The minimum atomic E-state index is -0.390. The molecule has 0 aromatic carbocycles. The SMILES string of the molecule is COC(C)=O.COCC(C)OCC(C)O. The first-order valence-corrected chi connectivity index (χ1v) is 4.77. The molecule has 0 amide bonds. The monoisotopic (exact) mass is 222 g/mol. The second kappa shape index (κ2) is 11.4. The summed E-state index contributed by atoms with van der Waals surface area (Å²) < 4.78 is 14.1. The quantitative estimate of drug-likeness (QED) is 0.690. The third-order valence-corrected chi connectivity index (χ3v) is 1.31.